The molecule has 0 aliphatic rings. The molecule has 4 heteroatoms. The van der Waals surface area contributed by atoms with Crippen molar-refractivity contribution in [1.29, 1.82) is 0 Å². The van der Waals surface area contributed by atoms with Crippen LogP contribution in [0, 0.1) is 5.41 Å². The summed E-state index contributed by atoms with van der Waals surface area (Å²) in [7, 11) is 5.32. The third kappa shape index (κ3) is 7.88. The largest absolute Gasteiger partial charge is 0.385 e. The molecule has 0 radical (unpaired) electrons. The average Bonchev–Trinajstić information content (AvgIpc) is 2.45. The molecule has 0 aromatic heterocycles. The number of ether oxygens (including phenoxy) is 3. The second-order valence-corrected chi connectivity index (χ2v) is 5.19. The van der Waals surface area contributed by atoms with Gasteiger partial charge in [0.1, 0.15) is 0 Å². The molecule has 0 fully saturated rings. The zero-order valence-electron chi connectivity index (χ0n) is 13.5. The van der Waals surface area contributed by atoms with Crippen LogP contribution in [0.4, 0.5) is 0 Å². The molecule has 0 heterocycles. The van der Waals surface area contributed by atoms with Crippen molar-refractivity contribution in [3.05, 3.63) is 0 Å². The lowest BCUT2D eigenvalue weighted by molar-refractivity contribution is 0.0355. The van der Waals surface area contributed by atoms with E-state index in [9.17, 15) is 0 Å². The minimum atomic E-state index is 0.230. The van der Waals surface area contributed by atoms with Gasteiger partial charge in [-0.3, -0.25) is 0 Å². The first kappa shape index (κ1) is 18.8. The van der Waals surface area contributed by atoms with Crippen molar-refractivity contribution in [1.82, 2.24) is 4.90 Å². The van der Waals surface area contributed by atoms with Crippen LogP contribution in [0.1, 0.15) is 33.1 Å². The molecule has 0 saturated heterocycles. The Morgan fingerprint density at radius 3 is 1.37 bits per heavy atom. The monoisotopic (exact) mass is 275 g/mol. The highest BCUT2D eigenvalue weighted by molar-refractivity contribution is 4.83. The van der Waals surface area contributed by atoms with Gasteiger partial charge in [-0.25, -0.2) is 0 Å². The molecule has 0 atom stereocenters. The lowest BCUT2D eigenvalue weighted by Gasteiger charge is -2.38. The van der Waals surface area contributed by atoms with E-state index >= 15 is 0 Å². The van der Waals surface area contributed by atoms with Crippen molar-refractivity contribution in [2.75, 3.05) is 60.8 Å². The third-order valence-electron chi connectivity index (χ3n) is 3.96. The summed E-state index contributed by atoms with van der Waals surface area (Å²) in [5, 5.41) is 0. The minimum absolute atomic E-state index is 0.230. The molecule has 0 saturated carbocycles. The summed E-state index contributed by atoms with van der Waals surface area (Å²) < 4.78 is 15.9. The molecule has 0 aromatic carbocycles. The molecule has 0 spiro atoms. The SMILES string of the molecule is CCN(CC)CC(CCOC)(CCOC)CCOC. The molecule has 4 nitrogen and oxygen atoms in total. The first-order valence-electron chi connectivity index (χ1n) is 7.37. The fraction of sp³-hybridized carbons (Fsp3) is 1.00. The summed E-state index contributed by atoms with van der Waals surface area (Å²) in [6.45, 7) is 10.1. The molecule has 0 bridgehead atoms. The normalized spacial score (nSPS) is 12.3. The van der Waals surface area contributed by atoms with Crippen molar-refractivity contribution in [2.45, 2.75) is 33.1 Å². The van der Waals surface area contributed by atoms with Crippen LogP contribution in [-0.2, 0) is 14.2 Å². The standard InChI is InChI=1S/C15H33NO3/c1-6-16(7-2)14-15(8-11-17-3,9-12-18-4)10-13-19-5/h6-14H2,1-5H3. The zero-order valence-corrected chi connectivity index (χ0v) is 13.5. The summed E-state index contributed by atoms with van der Waals surface area (Å²) in [6, 6.07) is 0. The quantitative estimate of drug-likeness (QED) is 0.516. The van der Waals surface area contributed by atoms with Crippen molar-refractivity contribution in [2.24, 2.45) is 5.41 Å². The van der Waals surface area contributed by atoms with E-state index in [1.807, 2.05) is 0 Å². The molecule has 0 aliphatic heterocycles. The number of hydrogen-bond acceptors (Lipinski definition) is 4. The predicted octanol–water partition coefficient (Wildman–Crippen LogP) is 2.42. The van der Waals surface area contributed by atoms with Crippen molar-refractivity contribution >= 4 is 0 Å². The van der Waals surface area contributed by atoms with Gasteiger partial charge in [0.25, 0.3) is 0 Å². The summed E-state index contributed by atoms with van der Waals surface area (Å²) >= 11 is 0. The Bertz CT molecular complexity index is 174. The Balaban J connectivity index is 4.74. The smallest absolute Gasteiger partial charge is 0.0468 e. The van der Waals surface area contributed by atoms with Gasteiger partial charge in [-0.05, 0) is 37.8 Å². The van der Waals surface area contributed by atoms with Crippen LogP contribution < -0.4 is 0 Å². The zero-order chi connectivity index (χ0) is 14.6. The fourth-order valence-electron chi connectivity index (χ4n) is 2.49. The molecule has 0 rings (SSSR count). The van der Waals surface area contributed by atoms with Gasteiger partial charge in [0, 0.05) is 47.7 Å². The Hall–Kier alpha value is -0.160. The van der Waals surface area contributed by atoms with Crippen LogP contribution in [0.25, 0.3) is 0 Å². The van der Waals surface area contributed by atoms with E-state index in [2.05, 4.69) is 18.7 Å². The van der Waals surface area contributed by atoms with E-state index in [1.165, 1.54) is 0 Å². The maximum atomic E-state index is 5.31. The van der Waals surface area contributed by atoms with E-state index < -0.39 is 0 Å². The predicted molar refractivity (Wildman–Crippen MR) is 79.7 cm³/mol. The molecule has 0 unspecified atom stereocenters. The topological polar surface area (TPSA) is 30.9 Å². The number of methoxy groups -OCH3 is 3. The molecule has 0 aliphatic carbocycles. The van der Waals surface area contributed by atoms with Crippen LogP contribution in [0.3, 0.4) is 0 Å². The Kier molecular flexibility index (Phi) is 11.6. The summed E-state index contributed by atoms with van der Waals surface area (Å²) in [6.07, 6.45) is 3.19. The fourth-order valence-corrected chi connectivity index (χ4v) is 2.49. The van der Waals surface area contributed by atoms with Gasteiger partial charge >= 0.3 is 0 Å². The summed E-state index contributed by atoms with van der Waals surface area (Å²) in [4.78, 5) is 2.49. The third-order valence-corrected chi connectivity index (χ3v) is 3.96. The second kappa shape index (κ2) is 11.6. The Morgan fingerprint density at radius 1 is 0.737 bits per heavy atom. The minimum Gasteiger partial charge on any atom is -0.385 e. The van der Waals surface area contributed by atoms with E-state index in [1.54, 1.807) is 21.3 Å². The van der Waals surface area contributed by atoms with Gasteiger partial charge < -0.3 is 19.1 Å². The van der Waals surface area contributed by atoms with Gasteiger partial charge in [-0.15, -0.1) is 0 Å². The summed E-state index contributed by atoms with van der Waals surface area (Å²) in [5.41, 5.74) is 0.230. The van der Waals surface area contributed by atoms with E-state index in [4.69, 9.17) is 14.2 Å². The van der Waals surface area contributed by atoms with Crippen molar-refractivity contribution in [3.8, 4) is 0 Å². The van der Waals surface area contributed by atoms with Gasteiger partial charge in [-0.2, -0.15) is 0 Å². The summed E-state index contributed by atoms with van der Waals surface area (Å²) in [5.74, 6) is 0. The van der Waals surface area contributed by atoms with Crippen LogP contribution in [0.5, 0.6) is 0 Å². The van der Waals surface area contributed by atoms with Crippen LogP contribution in [0.15, 0.2) is 0 Å². The van der Waals surface area contributed by atoms with Gasteiger partial charge in [0.05, 0.1) is 0 Å². The number of rotatable bonds is 13. The lowest BCUT2D eigenvalue weighted by Crippen LogP contribution is -2.40. The highest BCUT2D eigenvalue weighted by Gasteiger charge is 2.31. The molecular weight excluding hydrogens is 242 g/mol. The van der Waals surface area contributed by atoms with E-state index in [-0.39, 0.29) is 5.41 Å². The molecule has 0 aromatic rings. The number of hydrogen-bond donors (Lipinski definition) is 0. The van der Waals surface area contributed by atoms with E-state index in [0.29, 0.717) is 0 Å². The van der Waals surface area contributed by atoms with Crippen molar-refractivity contribution in [3.63, 3.8) is 0 Å². The average molecular weight is 275 g/mol. The maximum Gasteiger partial charge on any atom is 0.0468 e. The maximum absolute atomic E-state index is 5.31. The first-order chi connectivity index (χ1) is 9.17. The molecule has 0 amide bonds. The van der Waals surface area contributed by atoms with Crippen LogP contribution in [-0.4, -0.2) is 65.7 Å². The number of nitrogens with zero attached hydrogens (tertiary/aromatic N) is 1. The molecule has 116 valence electrons. The molecule has 0 N–H and O–H groups in total. The highest BCUT2D eigenvalue weighted by atomic mass is 16.5. The van der Waals surface area contributed by atoms with Crippen LogP contribution >= 0.6 is 0 Å². The first-order valence-corrected chi connectivity index (χ1v) is 7.37. The lowest BCUT2D eigenvalue weighted by atomic mass is 9.78. The highest BCUT2D eigenvalue weighted by Crippen LogP contribution is 2.32. The van der Waals surface area contributed by atoms with Gasteiger partial charge in [-0.1, -0.05) is 13.8 Å². The van der Waals surface area contributed by atoms with Gasteiger partial charge in [0.2, 0.25) is 0 Å². The Morgan fingerprint density at radius 2 is 1.11 bits per heavy atom. The van der Waals surface area contributed by atoms with Crippen molar-refractivity contribution < 1.29 is 14.2 Å². The van der Waals surface area contributed by atoms with E-state index in [0.717, 1.165) is 58.7 Å². The Labute approximate surface area is 119 Å². The molecular formula is C15H33NO3. The van der Waals surface area contributed by atoms with Gasteiger partial charge in [0.15, 0.2) is 0 Å². The second-order valence-electron chi connectivity index (χ2n) is 5.19. The molecule has 19 heavy (non-hydrogen) atoms. The van der Waals surface area contributed by atoms with Crippen LogP contribution in [0.2, 0.25) is 0 Å².